The van der Waals surface area contributed by atoms with Gasteiger partial charge >= 0.3 is 0 Å². The van der Waals surface area contributed by atoms with Gasteiger partial charge in [0.15, 0.2) is 0 Å². The van der Waals surface area contributed by atoms with E-state index < -0.39 is 0 Å². The summed E-state index contributed by atoms with van der Waals surface area (Å²) in [5, 5.41) is 2.06. The van der Waals surface area contributed by atoms with Gasteiger partial charge in [-0.25, -0.2) is 0 Å². The van der Waals surface area contributed by atoms with Crippen molar-refractivity contribution in [3.8, 4) is 0 Å². The normalized spacial score (nSPS) is 36.7. The molecule has 0 amide bonds. The molecule has 1 saturated carbocycles. The molecule has 0 spiro atoms. The predicted molar refractivity (Wildman–Crippen MR) is 37.5 cm³/mol. The van der Waals surface area contributed by atoms with Gasteiger partial charge in [-0.2, -0.15) is 7.05 Å². The molecule has 0 unspecified atom stereocenters. The first-order valence-corrected chi connectivity index (χ1v) is 3.71. The number of rotatable bonds is 1. The van der Waals surface area contributed by atoms with Crippen LogP contribution in [0.5, 0.6) is 0 Å². The van der Waals surface area contributed by atoms with Crippen molar-refractivity contribution >= 4 is 0 Å². The van der Waals surface area contributed by atoms with Crippen LogP contribution in [0.15, 0.2) is 0 Å². The quantitative estimate of drug-likeness (QED) is 0.464. The third-order valence-corrected chi connectivity index (χ3v) is 2.15. The van der Waals surface area contributed by atoms with E-state index in [0.29, 0.717) is 6.04 Å². The van der Waals surface area contributed by atoms with Gasteiger partial charge in [-0.3, -0.25) is 0 Å². The second-order valence-electron chi connectivity index (χ2n) is 2.91. The first-order valence-electron chi connectivity index (χ1n) is 3.71. The van der Waals surface area contributed by atoms with Gasteiger partial charge in [0.05, 0.1) is 6.04 Å². The van der Waals surface area contributed by atoms with Crippen LogP contribution in [0.2, 0.25) is 0 Å². The van der Waals surface area contributed by atoms with Crippen LogP contribution in [0.25, 0.3) is 0 Å². The molecule has 2 heteroatoms. The largest absolute Gasteiger partial charge is 0.476 e. The van der Waals surface area contributed by atoms with E-state index in [-0.39, 0.29) is 0 Å². The average molecular weight is 128 g/mol. The molecule has 0 aliphatic heterocycles. The molecule has 9 heavy (non-hydrogen) atoms. The zero-order chi connectivity index (χ0) is 6.69. The Morgan fingerprint density at radius 1 is 1.22 bits per heavy atom. The molecule has 4 N–H and O–H groups in total. The van der Waals surface area contributed by atoms with Crippen LogP contribution in [0.3, 0.4) is 0 Å². The lowest BCUT2D eigenvalue weighted by molar-refractivity contribution is -0.636. The summed E-state index contributed by atoms with van der Waals surface area (Å²) in [5.41, 5.74) is 5.72. The molecule has 0 aromatic heterocycles. The maximum atomic E-state index is 5.72. The monoisotopic (exact) mass is 128 g/mol. The van der Waals surface area contributed by atoms with Crippen LogP contribution in [-0.2, 0) is 0 Å². The number of quaternary nitrogens is 1. The molecule has 1 rings (SSSR count). The molecule has 0 heterocycles. The van der Waals surface area contributed by atoms with Gasteiger partial charge in [0.2, 0.25) is 0 Å². The summed E-state index contributed by atoms with van der Waals surface area (Å²) in [6.45, 7) is 0. The number of hydrogen-bond donors (Lipinski definition) is 2. The highest BCUT2D eigenvalue weighted by atomic mass is 14.9. The maximum absolute atomic E-state index is 5.72. The Bertz CT molecular complexity index is 75.0. The minimum absolute atomic E-state index is 0.473. The minimum Gasteiger partial charge on any atom is -0.476 e. The summed E-state index contributed by atoms with van der Waals surface area (Å²) in [6, 6.07) is 1.23. The summed E-state index contributed by atoms with van der Waals surface area (Å²) in [4.78, 5) is 0. The van der Waals surface area contributed by atoms with Crippen LogP contribution in [-0.4, -0.2) is 12.1 Å². The highest BCUT2D eigenvalue weighted by Crippen LogP contribution is 2.13. The Morgan fingerprint density at radius 2 is 1.78 bits per heavy atom. The minimum atomic E-state index is 0.473. The molecule has 0 radical (unpaired) electrons. The molecule has 1 fully saturated rings. The second kappa shape index (κ2) is 3.18. The molecular formula is C7H16N2. The molecular weight excluding hydrogens is 112 g/mol. The van der Waals surface area contributed by atoms with E-state index in [9.17, 15) is 0 Å². The maximum Gasteiger partial charge on any atom is 0.0621 e. The van der Waals surface area contributed by atoms with E-state index in [2.05, 4.69) is 12.4 Å². The third-order valence-electron chi connectivity index (χ3n) is 2.15. The fraction of sp³-hybridized carbons (Fsp3) is 0.857. The Morgan fingerprint density at radius 3 is 2.22 bits per heavy atom. The molecule has 1 aliphatic rings. The molecule has 0 atom stereocenters. The van der Waals surface area contributed by atoms with Crippen LogP contribution >= 0.6 is 0 Å². The Balaban J connectivity index is 2.18. The lowest BCUT2D eigenvalue weighted by Crippen LogP contribution is -2.84. The van der Waals surface area contributed by atoms with Crippen molar-refractivity contribution in [2.75, 3.05) is 0 Å². The van der Waals surface area contributed by atoms with E-state index in [1.807, 2.05) is 0 Å². The topological polar surface area (TPSA) is 42.6 Å². The van der Waals surface area contributed by atoms with Crippen molar-refractivity contribution in [1.82, 2.24) is 0 Å². The summed E-state index contributed by atoms with van der Waals surface area (Å²) in [6.07, 6.45) is 4.89. The highest BCUT2D eigenvalue weighted by molar-refractivity contribution is 4.72. The van der Waals surface area contributed by atoms with Gasteiger partial charge in [0, 0.05) is 6.04 Å². The van der Waals surface area contributed by atoms with Crippen LogP contribution in [0.4, 0.5) is 0 Å². The summed E-state index contributed by atoms with van der Waals surface area (Å²) < 4.78 is 0. The number of hydrogen-bond acceptors (Lipinski definition) is 1. The van der Waals surface area contributed by atoms with Crippen LogP contribution < -0.4 is 11.1 Å². The van der Waals surface area contributed by atoms with E-state index in [1.165, 1.54) is 25.7 Å². The summed E-state index contributed by atoms with van der Waals surface area (Å²) in [5.74, 6) is 0. The van der Waals surface area contributed by atoms with Gasteiger partial charge in [-0.05, 0) is 25.7 Å². The van der Waals surface area contributed by atoms with Crippen molar-refractivity contribution in [3.63, 3.8) is 0 Å². The fourth-order valence-electron chi connectivity index (χ4n) is 1.38. The van der Waals surface area contributed by atoms with Crippen molar-refractivity contribution in [2.45, 2.75) is 37.8 Å². The van der Waals surface area contributed by atoms with E-state index in [4.69, 9.17) is 5.73 Å². The molecule has 2 nitrogen and oxygen atoms in total. The smallest absolute Gasteiger partial charge is 0.0621 e. The molecule has 54 valence electrons. The van der Waals surface area contributed by atoms with E-state index in [1.54, 1.807) is 0 Å². The standard InChI is InChI=1S/C7H16N2/c1-9-7-4-2-6(8)3-5-7/h6-7H,1-5,8-9H2. The van der Waals surface area contributed by atoms with Crippen LogP contribution in [0.1, 0.15) is 25.7 Å². The summed E-state index contributed by atoms with van der Waals surface area (Å²) >= 11 is 0. The fourth-order valence-corrected chi connectivity index (χ4v) is 1.38. The Kier molecular flexibility index (Phi) is 2.49. The van der Waals surface area contributed by atoms with Gasteiger partial charge in [-0.1, -0.05) is 0 Å². The molecule has 0 saturated heterocycles. The first kappa shape index (κ1) is 7.03. The van der Waals surface area contributed by atoms with Gasteiger partial charge < -0.3 is 11.1 Å². The third kappa shape index (κ3) is 1.95. The second-order valence-corrected chi connectivity index (χ2v) is 2.91. The molecule has 0 aromatic carbocycles. The van der Waals surface area contributed by atoms with E-state index >= 15 is 0 Å². The lowest BCUT2D eigenvalue weighted by atomic mass is 9.92. The van der Waals surface area contributed by atoms with E-state index in [0.717, 1.165) is 6.04 Å². The average Bonchev–Trinajstić information content (AvgIpc) is 1.90. The van der Waals surface area contributed by atoms with Gasteiger partial charge in [0.1, 0.15) is 0 Å². The highest BCUT2D eigenvalue weighted by Gasteiger charge is 2.17. The predicted octanol–water partition coefficient (Wildman–Crippen LogP) is -0.389. The Labute approximate surface area is 56.8 Å². The first-order chi connectivity index (χ1) is 4.33. The van der Waals surface area contributed by atoms with Gasteiger partial charge in [-0.15, -0.1) is 0 Å². The number of nitrogens with two attached hydrogens (primary N) is 2. The van der Waals surface area contributed by atoms with Gasteiger partial charge in [0.25, 0.3) is 0 Å². The lowest BCUT2D eigenvalue weighted by Gasteiger charge is -2.25. The SMILES string of the molecule is [CH2-][NH2+]C1CCC(N)CC1. The molecule has 0 bridgehead atoms. The molecule has 1 aliphatic carbocycles. The van der Waals surface area contributed by atoms with Crippen molar-refractivity contribution < 1.29 is 5.32 Å². The zero-order valence-corrected chi connectivity index (χ0v) is 5.84. The zero-order valence-electron chi connectivity index (χ0n) is 5.84. The summed E-state index contributed by atoms with van der Waals surface area (Å²) in [7, 11) is 3.77. The van der Waals surface area contributed by atoms with Crippen molar-refractivity contribution in [2.24, 2.45) is 5.73 Å². The molecule has 0 aromatic rings. The van der Waals surface area contributed by atoms with Crippen molar-refractivity contribution in [1.29, 1.82) is 0 Å². The van der Waals surface area contributed by atoms with Crippen LogP contribution in [0, 0.1) is 7.05 Å². The Hall–Kier alpha value is -0.0800. The van der Waals surface area contributed by atoms with Crippen molar-refractivity contribution in [3.05, 3.63) is 7.05 Å².